The second-order valence-electron chi connectivity index (χ2n) is 3.54. The van der Waals surface area contributed by atoms with Crippen LogP contribution in [0.2, 0.25) is 0 Å². The fraction of sp³-hybridized carbons (Fsp3) is 0.231. The maximum absolute atomic E-state index is 9.89. The van der Waals surface area contributed by atoms with Gasteiger partial charge in [-0.2, -0.15) is 0 Å². The Hall–Kier alpha value is -2.10. The number of ether oxygens (including phenoxy) is 3. The molecule has 4 heteroatoms. The first-order valence-corrected chi connectivity index (χ1v) is 5.13. The summed E-state index contributed by atoms with van der Waals surface area (Å²) in [7, 11) is 4.71. The van der Waals surface area contributed by atoms with Crippen molar-refractivity contribution >= 4 is 10.8 Å². The van der Waals surface area contributed by atoms with Gasteiger partial charge in [-0.05, 0) is 18.2 Å². The Labute approximate surface area is 99.3 Å². The number of phenolic OH excluding ortho intramolecular Hbond substituents is 1. The SMILES string of the molecule is COc1cc(OC)c2c(O)ccc(OC)c2c1. The molecule has 0 bridgehead atoms. The van der Waals surface area contributed by atoms with Gasteiger partial charge < -0.3 is 19.3 Å². The minimum absolute atomic E-state index is 0.153. The first-order chi connectivity index (χ1) is 8.21. The van der Waals surface area contributed by atoms with Gasteiger partial charge in [-0.15, -0.1) is 0 Å². The summed E-state index contributed by atoms with van der Waals surface area (Å²) in [6, 6.07) is 6.81. The van der Waals surface area contributed by atoms with E-state index in [0.29, 0.717) is 22.6 Å². The predicted molar refractivity (Wildman–Crippen MR) is 65.3 cm³/mol. The van der Waals surface area contributed by atoms with Crippen molar-refractivity contribution < 1.29 is 19.3 Å². The smallest absolute Gasteiger partial charge is 0.134 e. The van der Waals surface area contributed by atoms with Gasteiger partial charge in [-0.3, -0.25) is 0 Å². The summed E-state index contributed by atoms with van der Waals surface area (Å²) in [6.07, 6.45) is 0. The molecule has 1 N–H and O–H groups in total. The molecular weight excluding hydrogens is 220 g/mol. The van der Waals surface area contributed by atoms with Crippen molar-refractivity contribution in [3.8, 4) is 23.0 Å². The monoisotopic (exact) mass is 234 g/mol. The Morgan fingerprint density at radius 2 is 1.59 bits per heavy atom. The van der Waals surface area contributed by atoms with Crippen molar-refractivity contribution in [1.29, 1.82) is 0 Å². The Kier molecular flexibility index (Phi) is 2.95. The first-order valence-electron chi connectivity index (χ1n) is 5.13. The zero-order valence-corrected chi connectivity index (χ0v) is 9.98. The van der Waals surface area contributed by atoms with Crippen LogP contribution in [0.15, 0.2) is 24.3 Å². The molecule has 0 fully saturated rings. The maximum Gasteiger partial charge on any atom is 0.134 e. The van der Waals surface area contributed by atoms with Crippen molar-refractivity contribution in [2.24, 2.45) is 0 Å². The molecule has 2 aromatic carbocycles. The molecule has 0 spiro atoms. The van der Waals surface area contributed by atoms with Crippen LogP contribution in [-0.2, 0) is 0 Å². The van der Waals surface area contributed by atoms with Gasteiger partial charge in [0, 0.05) is 11.5 Å². The highest BCUT2D eigenvalue weighted by Crippen LogP contribution is 2.41. The number of fused-ring (bicyclic) bond motifs is 1. The third-order valence-corrected chi connectivity index (χ3v) is 2.67. The largest absolute Gasteiger partial charge is 0.507 e. The number of benzene rings is 2. The molecule has 0 atom stereocenters. The van der Waals surface area contributed by atoms with Crippen molar-refractivity contribution in [3.05, 3.63) is 24.3 Å². The third-order valence-electron chi connectivity index (χ3n) is 2.67. The molecule has 0 aromatic heterocycles. The normalized spacial score (nSPS) is 10.3. The molecule has 0 aliphatic carbocycles. The Morgan fingerprint density at radius 1 is 0.882 bits per heavy atom. The number of aromatic hydroxyl groups is 1. The molecule has 0 saturated heterocycles. The fourth-order valence-corrected chi connectivity index (χ4v) is 1.83. The topological polar surface area (TPSA) is 47.9 Å². The maximum atomic E-state index is 9.89. The van der Waals surface area contributed by atoms with E-state index < -0.39 is 0 Å². The minimum atomic E-state index is 0.153. The number of hydrogen-bond donors (Lipinski definition) is 1. The lowest BCUT2D eigenvalue weighted by Crippen LogP contribution is -1.91. The standard InChI is InChI=1S/C13H14O4/c1-15-8-6-9-11(16-2)5-4-10(14)13(9)12(7-8)17-3/h4-7,14H,1-3H3. The van der Waals surface area contributed by atoms with E-state index in [1.165, 1.54) is 0 Å². The summed E-state index contributed by atoms with van der Waals surface area (Å²) in [5, 5.41) is 11.3. The molecule has 0 aliphatic rings. The van der Waals surface area contributed by atoms with Gasteiger partial charge in [0.25, 0.3) is 0 Å². The number of phenols is 1. The lowest BCUT2D eigenvalue weighted by Gasteiger charge is -2.12. The summed E-state index contributed by atoms with van der Waals surface area (Å²) >= 11 is 0. The summed E-state index contributed by atoms with van der Waals surface area (Å²) < 4.78 is 15.7. The van der Waals surface area contributed by atoms with Gasteiger partial charge in [-0.1, -0.05) is 0 Å². The molecule has 0 amide bonds. The molecule has 2 rings (SSSR count). The zero-order chi connectivity index (χ0) is 12.4. The van der Waals surface area contributed by atoms with Crippen LogP contribution in [0.25, 0.3) is 10.8 Å². The van der Waals surface area contributed by atoms with Crippen molar-refractivity contribution in [2.75, 3.05) is 21.3 Å². The molecule has 0 heterocycles. The molecule has 2 aromatic rings. The quantitative estimate of drug-likeness (QED) is 0.886. The third kappa shape index (κ3) is 1.82. The predicted octanol–water partition coefficient (Wildman–Crippen LogP) is 2.57. The van der Waals surface area contributed by atoms with Gasteiger partial charge in [0.15, 0.2) is 0 Å². The molecular formula is C13H14O4. The Morgan fingerprint density at radius 3 is 2.18 bits per heavy atom. The van der Waals surface area contributed by atoms with E-state index >= 15 is 0 Å². The summed E-state index contributed by atoms with van der Waals surface area (Å²) in [5.41, 5.74) is 0. The van der Waals surface area contributed by atoms with Crippen molar-refractivity contribution in [2.45, 2.75) is 0 Å². The van der Waals surface area contributed by atoms with E-state index in [4.69, 9.17) is 14.2 Å². The van der Waals surface area contributed by atoms with E-state index in [9.17, 15) is 5.11 Å². The van der Waals surface area contributed by atoms with Crippen molar-refractivity contribution in [3.63, 3.8) is 0 Å². The van der Waals surface area contributed by atoms with E-state index in [0.717, 1.165) is 5.39 Å². The van der Waals surface area contributed by atoms with E-state index in [1.54, 1.807) is 45.6 Å². The van der Waals surface area contributed by atoms with Crippen LogP contribution < -0.4 is 14.2 Å². The van der Waals surface area contributed by atoms with Crippen LogP contribution in [-0.4, -0.2) is 26.4 Å². The molecule has 0 radical (unpaired) electrons. The highest BCUT2D eigenvalue weighted by atomic mass is 16.5. The van der Waals surface area contributed by atoms with Crippen molar-refractivity contribution in [1.82, 2.24) is 0 Å². The molecule has 90 valence electrons. The van der Waals surface area contributed by atoms with E-state index in [2.05, 4.69) is 0 Å². The van der Waals surface area contributed by atoms with E-state index in [1.807, 2.05) is 0 Å². The fourth-order valence-electron chi connectivity index (χ4n) is 1.83. The lowest BCUT2D eigenvalue weighted by atomic mass is 10.1. The Balaban J connectivity index is 2.86. The second-order valence-corrected chi connectivity index (χ2v) is 3.54. The summed E-state index contributed by atoms with van der Waals surface area (Å²) in [5.74, 6) is 2.02. The molecule has 4 nitrogen and oxygen atoms in total. The van der Waals surface area contributed by atoms with Crippen LogP contribution in [0, 0.1) is 0 Å². The lowest BCUT2D eigenvalue weighted by molar-refractivity contribution is 0.394. The zero-order valence-electron chi connectivity index (χ0n) is 9.98. The number of rotatable bonds is 3. The highest BCUT2D eigenvalue weighted by Gasteiger charge is 2.13. The number of hydrogen-bond acceptors (Lipinski definition) is 4. The van der Waals surface area contributed by atoms with Crippen LogP contribution >= 0.6 is 0 Å². The number of methoxy groups -OCH3 is 3. The van der Waals surface area contributed by atoms with Gasteiger partial charge in [0.2, 0.25) is 0 Å². The van der Waals surface area contributed by atoms with E-state index in [-0.39, 0.29) is 5.75 Å². The minimum Gasteiger partial charge on any atom is -0.507 e. The van der Waals surface area contributed by atoms with Crippen LogP contribution in [0.4, 0.5) is 0 Å². The van der Waals surface area contributed by atoms with Gasteiger partial charge in [0.1, 0.15) is 23.0 Å². The summed E-state index contributed by atoms with van der Waals surface area (Å²) in [4.78, 5) is 0. The van der Waals surface area contributed by atoms with Gasteiger partial charge in [0.05, 0.1) is 26.7 Å². The van der Waals surface area contributed by atoms with Crippen LogP contribution in [0.1, 0.15) is 0 Å². The second kappa shape index (κ2) is 4.41. The van der Waals surface area contributed by atoms with Crippen LogP contribution in [0.3, 0.4) is 0 Å². The highest BCUT2D eigenvalue weighted by molar-refractivity contribution is 5.98. The molecule has 0 saturated carbocycles. The first kappa shape index (κ1) is 11.4. The average molecular weight is 234 g/mol. The summed E-state index contributed by atoms with van der Waals surface area (Å²) in [6.45, 7) is 0. The van der Waals surface area contributed by atoms with Crippen LogP contribution in [0.5, 0.6) is 23.0 Å². The average Bonchev–Trinajstić information content (AvgIpc) is 2.37. The molecule has 0 unspecified atom stereocenters. The molecule has 17 heavy (non-hydrogen) atoms. The molecule has 0 aliphatic heterocycles. The Bertz CT molecular complexity index is 549. The van der Waals surface area contributed by atoms with Gasteiger partial charge >= 0.3 is 0 Å². The van der Waals surface area contributed by atoms with Gasteiger partial charge in [-0.25, -0.2) is 0 Å².